The van der Waals surface area contributed by atoms with Gasteiger partial charge >= 0.3 is 5.97 Å². The Bertz CT molecular complexity index is 410. The monoisotopic (exact) mass is 301 g/mol. The maximum Gasteiger partial charge on any atom is 0.333 e. The van der Waals surface area contributed by atoms with Gasteiger partial charge in [0, 0.05) is 19.6 Å². The van der Waals surface area contributed by atoms with Crippen LogP contribution in [0.4, 0.5) is 0 Å². The van der Waals surface area contributed by atoms with Crippen LogP contribution >= 0.6 is 0 Å². The Balaban J connectivity index is 2.73. The van der Waals surface area contributed by atoms with Gasteiger partial charge in [-0.1, -0.05) is 6.58 Å². The molecule has 21 heavy (non-hydrogen) atoms. The summed E-state index contributed by atoms with van der Waals surface area (Å²) in [7, 11) is 1.42. The molecule has 1 rings (SSSR count). The van der Waals surface area contributed by atoms with Crippen molar-refractivity contribution in [1.29, 1.82) is 0 Å². The van der Waals surface area contributed by atoms with Crippen LogP contribution in [0.1, 0.15) is 20.8 Å². The number of ether oxygens (including phenoxy) is 3. The number of amides is 1. The highest BCUT2D eigenvalue weighted by Crippen LogP contribution is 2.23. The van der Waals surface area contributed by atoms with E-state index in [0.717, 1.165) is 0 Å². The summed E-state index contributed by atoms with van der Waals surface area (Å²) in [6.07, 6.45) is -2.73. The Morgan fingerprint density at radius 2 is 2.00 bits per heavy atom. The summed E-state index contributed by atoms with van der Waals surface area (Å²) in [5.74, 6) is -0.795. The molecular weight excluding hydrogens is 278 g/mol. The van der Waals surface area contributed by atoms with E-state index in [-0.39, 0.29) is 18.1 Å². The number of esters is 1. The van der Waals surface area contributed by atoms with E-state index in [1.807, 2.05) is 0 Å². The number of methoxy groups -OCH3 is 1. The smallest absolute Gasteiger partial charge is 0.333 e. The molecule has 0 spiro atoms. The first-order valence-corrected chi connectivity index (χ1v) is 6.74. The SMILES string of the molecule is C=C(C)C(=O)OCC1OC(C)C(NC(C)=O)C(O)C1OC. The maximum absolute atomic E-state index is 11.4. The van der Waals surface area contributed by atoms with Crippen LogP contribution in [0, 0.1) is 0 Å². The quantitative estimate of drug-likeness (QED) is 0.538. The van der Waals surface area contributed by atoms with Crippen molar-refractivity contribution in [3.8, 4) is 0 Å². The standard InChI is InChI=1S/C14H23NO6/c1-7(2)14(18)20-6-10-13(19-5)12(17)11(8(3)21-10)15-9(4)16/h8,10-13,17H,1,6H2,2-5H3,(H,15,16). The maximum atomic E-state index is 11.4. The number of hydrogen-bond donors (Lipinski definition) is 2. The number of aliphatic hydroxyl groups excluding tert-OH is 1. The van der Waals surface area contributed by atoms with E-state index in [9.17, 15) is 14.7 Å². The molecule has 0 saturated carbocycles. The first-order chi connectivity index (χ1) is 9.77. The minimum atomic E-state index is -0.962. The van der Waals surface area contributed by atoms with Crippen LogP contribution in [0.25, 0.3) is 0 Å². The van der Waals surface area contributed by atoms with Crippen molar-refractivity contribution in [2.75, 3.05) is 13.7 Å². The average molecular weight is 301 g/mol. The molecule has 0 aromatic carbocycles. The van der Waals surface area contributed by atoms with Gasteiger partial charge in [0.2, 0.25) is 5.91 Å². The van der Waals surface area contributed by atoms with Gasteiger partial charge in [-0.25, -0.2) is 4.79 Å². The highest BCUT2D eigenvalue weighted by atomic mass is 16.6. The number of nitrogens with one attached hydrogen (secondary N) is 1. The van der Waals surface area contributed by atoms with Crippen LogP contribution in [0.2, 0.25) is 0 Å². The Morgan fingerprint density at radius 3 is 2.48 bits per heavy atom. The summed E-state index contributed by atoms with van der Waals surface area (Å²) in [5, 5.41) is 12.9. The van der Waals surface area contributed by atoms with Gasteiger partial charge in [0.05, 0.1) is 12.1 Å². The van der Waals surface area contributed by atoms with Crippen LogP contribution in [0.5, 0.6) is 0 Å². The molecule has 1 heterocycles. The molecule has 0 aromatic rings. The van der Waals surface area contributed by atoms with Crippen molar-refractivity contribution < 1.29 is 28.9 Å². The Kier molecular flexibility index (Phi) is 6.32. The van der Waals surface area contributed by atoms with E-state index in [1.165, 1.54) is 14.0 Å². The zero-order valence-electron chi connectivity index (χ0n) is 12.8. The zero-order chi connectivity index (χ0) is 16.2. The fraction of sp³-hybridized carbons (Fsp3) is 0.714. The lowest BCUT2D eigenvalue weighted by atomic mass is 9.93. The first-order valence-electron chi connectivity index (χ1n) is 6.74. The van der Waals surface area contributed by atoms with Crippen LogP contribution in [-0.4, -0.2) is 61.2 Å². The molecule has 0 aliphatic carbocycles. The molecule has 0 aromatic heterocycles. The minimum absolute atomic E-state index is 0.0572. The van der Waals surface area contributed by atoms with Crippen LogP contribution in [-0.2, 0) is 23.8 Å². The average Bonchev–Trinajstić information content (AvgIpc) is 2.40. The van der Waals surface area contributed by atoms with Crippen LogP contribution < -0.4 is 5.32 Å². The van der Waals surface area contributed by atoms with Gasteiger partial charge < -0.3 is 24.6 Å². The molecule has 1 saturated heterocycles. The lowest BCUT2D eigenvalue weighted by Crippen LogP contribution is -2.63. The molecule has 120 valence electrons. The Labute approximate surface area is 124 Å². The number of carbonyl (C=O) groups excluding carboxylic acids is 2. The number of aliphatic hydroxyl groups is 1. The molecule has 7 heteroatoms. The van der Waals surface area contributed by atoms with Crippen LogP contribution in [0.3, 0.4) is 0 Å². The fourth-order valence-electron chi connectivity index (χ4n) is 2.28. The van der Waals surface area contributed by atoms with E-state index in [2.05, 4.69) is 11.9 Å². The Hall–Kier alpha value is -1.44. The lowest BCUT2D eigenvalue weighted by molar-refractivity contribution is -0.204. The molecule has 1 aliphatic heterocycles. The second kappa shape index (κ2) is 7.53. The summed E-state index contributed by atoms with van der Waals surface area (Å²) < 4.78 is 16.0. The fourth-order valence-corrected chi connectivity index (χ4v) is 2.28. The third-order valence-electron chi connectivity index (χ3n) is 3.34. The molecule has 0 bridgehead atoms. The normalized spacial score (nSPS) is 32.3. The third-order valence-corrected chi connectivity index (χ3v) is 3.34. The first kappa shape index (κ1) is 17.6. The second-order valence-electron chi connectivity index (χ2n) is 5.18. The van der Waals surface area contributed by atoms with E-state index >= 15 is 0 Å². The predicted octanol–water partition coefficient (Wildman–Crippen LogP) is -0.226. The van der Waals surface area contributed by atoms with Gasteiger partial charge in [0.15, 0.2) is 0 Å². The van der Waals surface area contributed by atoms with Crippen LogP contribution in [0.15, 0.2) is 12.2 Å². The van der Waals surface area contributed by atoms with Crippen molar-refractivity contribution in [2.24, 2.45) is 0 Å². The molecule has 2 N–H and O–H groups in total. The summed E-state index contributed by atoms with van der Waals surface area (Å²) in [6.45, 7) is 8.06. The summed E-state index contributed by atoms with van der Waals surface area (Å²) in [5.41, 5.74) is 0.282. The molecule has 5 unspecified atom stereocenters. The molecule has 5 atom stereocenters. The number of hydrogen-bond acceptors (Lipinski definition) is 6. The van der Waals surface area contributed by atoms with Crippen molar-refractivity contribution in [1.82, 2.24) is 5.32 Å². The summed E-state index contributed by atoms with van der Waals surface area (Å²) >= 11 is 0. The van der Waals surface area contributed by atoms with Crippen molar-refractivity contribution >= 4 is 11.9 Å². The van der Waals surface area contributed by atoms with E-state index in [1.54, 1.807) is 13.8 Å². The topological polar surface area (TPSA) is 94.1 Å². The van der Waals surface area contributed by atoms with Gasteiger partial charge in [-0.3, -0.25) is 4.79 Å². The second-order valence-corrected chi connectivity index (χ2v) is 5.18. The Morgan fingerprint density at radius 1 is 1.38 bits per heavy atom. The van der Waals surface area contributed by atoms with Gasteiger partial charge in [0.1, 0.15) is 24.9 Å². The van der Waals surface area contributed by atoms with E-state index in [4.69, 9.17) is 14.2 Å². The molecule has 7 nitrogen and oxygen atoms in total. The molecule has 0 radical (unpaired) electrons. The highest BCUT2D eigenvalue weighted by molar-refractivity contribution is 5.86. The molecule has 1 amide bonds. The summed E-state index contributed by atoms with van der Waals surface area (Å²) in [6, 6.07) is -0.583. The van der Waals surface area contributed by atoms with E-state index in [0.29, 0.717) is 0 Å². The van der Waals surface area contributed by atoms with Gasteiger partial charge in [-0.2, -0.15) is 0 Å². The lowest BCUT2D eigenvalue weighted by Gasteiger charge is -2.43. The molecular formula is C14H23NO6. The highest BCUT2D eigenvalue weighted by Gasteiger charge is 2.44. The van der Waals surface area contributed by atoms with Crippen molar-refractivity contribution in [3.63, 3.8) is 0 Å². The third kappa shape index (κ3) is 4.52. The van der Waals surface area contributed by atoms with Gasteiger partial charge in [-0.15, -0.1) is 0 Å². The van der Waals surface area contributed by atoms with Gasteiger partial charge in [-0.05, 0) is 13.8 Å². The zero-order valence-corrected chi connectivity index (χ0v) is 12.8. The van der Waals surface area contributed by atoms with Crippen molar-refractivity contribution in [3.05, 3.63) is 12.2 Å². The molecule has 1 fully saturated rings. The molecule has 1 aliphatic rings. The number of carbonyl (C=O) groups is 2. The largest absolute Gasteiger partial charge is 0.459 e. The van der Waals surface area contributed by atoms with Crippen molar-refractivity contribution in [2.45, 2.75) is 51.2 Å². The minimum Gasteiger partial charge on any atom is -0.459 e. The summed E-state index contributed by atoms with van der Waals surface area (Å²) in [4.78, 5) is 22.6. The van der Waals surface area contributed by atoms with Gasteiger partial charge in [0.25, 0.3) is 0 Å². The van der Waals surface area contributed by atoms with E-state index < -0.39 is 36.4 Å². The number of rotatable bonds is 5. The predicted molar refractivity (Wildman–Crippen MR) is 74.5 cm³/mol.